The predicted octanol–water partition coefficient (Wildman–Crippen LogP) is 1.06. The number of nitrogens with one attached hydrogen (secondary N) is 1. The molecule has 108 valence electrons. The van der Waals surface area contributed by atoms with Crippen LogP contribution in [0.3, 0.4) is 0 Å². The molecule has 1 atom stereocenters. The number of carbonyl (C=O) groups excluding carboxylic acids is 1. The number of nitrogens with zero attached hydrogens (tertiary/aromatic N) is 1. The first-order valence-electron chi connectivity index (χ1n) is 7.16. The molecule has 2 aliphatic rings. The highest BCUT2D eigenvalue weighted by atomic mass is 16.5. The van der Waals surface area contributed by atoms with Crippen molar-refractivity contribution < 1.29 is 9.53 Å². The van der Waals surface area contributed by atoms with Crippen molar-refractivity contribution in [1.29, 1.82) is 0 Å². The Bertz CT molecular complexity index is 514. The van der Waals surface area contributed by atoms with Crippen LogP contribution >= 0.6 is 0 Å². The number of carbonyl (C=O) groups is 1. The van der Waals surface area contributed by atoms with Crippen LogP contribution in [0.25, 0.3) is 0 Å². The van der Waals surface area contributed by atoms with E-state index in [1.165, 1.54) is 0 Å². The Balaban J connectivity index is 1.81. The second-order valence-electron chi connectivity index (χ2n) is 5.61. The number of benzene rings is 1. The molecular formula is C15H21N3O2. The van der Waals surface area contributed by atoms with E-state index in [-0.39, 0.29) is 11.9 Å². The number of rotatable bonds is 3. The third-order valence-corrected chi connectivity index (χ3v) is 3.89. The van der Waals surface area contributed by atoms with Gasteiger partial charge in [-0.05, 0) is 43.5 Å². The van der Waals surface area contributed by atoms with Crippen LogP contribution < -0.4 is 16.0 Å². The van der Waals surface area contributed by atoms with Crippen molar-refractivity contribution in [1.82, 2.24) is 5.32 Å². The molecule has 1 aromatic carbocycles. The maximum Gasteiger partial charge on any atom is 0.245 e. The van der Waals surface area contributed by atoms with Crippen LogP contribution in [0.4, 0.5) is 11.4 Å². The van der Waals surface area contributed by atoms with E-state index in [9.17, 15) is 4.79 Å². The molecule has 3 N–H and O–H groups in total. The standard InChI is InChI=1S/C15H21N3O2/c1-10-8-11(16)2-5-13(10)18-6-7-20-9-14(18)15(19)17-12-3-4-12/h2,5,8,12,14H,3-4,6-7,9,16H2,1H3,(H,17,19). The molecule has 0 aromatic heterocycles. The van der Waals surface area contributed by atoms with E-state index in [0.717, 1.165) is 36.3 Å². The van der Waals surface area contributed by atoms with E-state index in [1.54, 1.807) is 0 Å². The first-order chi connectivity index (χ1) is 9.65. The summed E-state index contributed by atoms with van der Waals surface area (Å²) in [6.07, 6.45) is 2.19. The lowest BCUT2D eigenvalue weighted by Gasteiger charge is -2.37. The highest BCUT2D eigenvalue weighted by Crippen LogP contribution is 2.26. The van der Waals surface area contributed by atoms with Crippen LogP contribution in [-0.2, 0) is 9.53 Å². The van der Waals surface area contributed by atoms with Gasteiger partial charge < -0.3 is 20.7 Å². The first-order valence-corrected chi connectivity index (χ1v) is 7.16. The number of morpholine rings is 1. The lowest BCUT2D eigenvalue weighted by Crippen LogP contribution is -2.54. The normalized spacial score (nSPS) is 22.6. The van der Waals surface area contributed by atoms with Gasteiger partial charge in [-0.3, -0.25) is 4.79 Å². The Kier molecular flexibility index (Phi) is 3.53. The van der Waals surface area contributed by atoms with Crippen molar-refractivity contribution in [3.05, 3.63) is 23.8 Å². The molecule has 2 fully saturated rings. The molecule has 1 heterocycles. The van der Waals surface area contributed by atoms with Gasteiger partial charge in [-0.1, -0.05) is 0 Å². The highest BCUT2D eigenvalue weighted by Gasteiger charge is 2.33. The number of hydrogen-bond acceptors (Lipinski definition) is 4. The molecule has 5 heteroatoms. The first kappa shape index (κ1) is 13.2. The number of nitrogens with two attached hydrogens (primary N) is 1. The minimum Gasteiger partial charge on any atom is -0.399 e. The average Bonchev–Trinajstić information content (AvgIpc) is 3.23. The fourth-order valence-electron chi connectivity index (χ4n) is 2.64. The Morgan fingerprint density at radius 3 is 2.95 bits per heavy atom. The molecule has 0 bridgehead atoms. The maximum atomic E-state index is 12.4. The SMILES string of the molecule is Cc1cc(N)ccc1N1CCOCC1C(=O)NC1CC1. The van der Waals surface area contributed by atoms with Crippen LogP contribution in [-0.4, -0.2) is 37.7 Å². The molecule has 1 aromatic rings. The van der Waals surface area contributed by atoms with Crippen LogP contribution in [0.5, 0.6) is 0 Å². The summed E-state index contributed by atoms with van der Waals surface area (Å²) >= 11 is 0. The Morgan fingerprint density at radius 1 is 1.45 bits per heavy atom. The van der Waals surface area contributed by atoms with Gasteiger partial charge in [0.15, 0.2) is 0 Å². The molecule has 1 aliphatic heterocycles. The number of nitrogen functional groups attached to an aromatic ring is 1. The smallest absolute Gasteiger partial charge is 0.245 e. The molecular weight excluding hydrogens is 254 g/mol. The number of hydrogen-bond donors (Lipinski definition) is 2. The van der Waals surface area contributed by atoms with Gasteiger partial charge in [0.2, 0.25) is 5.91 Å². The molecule has 20 heavy (non-hydrogen) atoms. The summed E-state index contributed by atoms with van der Waals surface area (Å²) in [6, 6.07) is 5.95. The van der Waals surface area contributed by atoms with E-state index in [2.05, 4.69) is 10.2 Å². The topological polar surface area (TPSA) is 67.6 Å². The average molecular weight is 275 g/mol. The number of amides is 1. The third kappa shape index (κ3) is 2.72. The van der Waals surface area contributed by atoms with Gasteiger partial charge in [0.05, 0.1) is 13.2 Å². The van der Waals surface area contributed by atoms with E-state index < -0.39 is 0 Å². The number of anilines is 2. The molecule has 0 radical (unpaired) electrons. The van der Waals surface area contributed by atoms with Crippen molar-refractivity contribution in [3.8, 4) is 0 Å². The van der Waals surface area contributed by atoms with Gasteiger partial charge in [-0.2, -0.15) is 0 Å². The van der Waals surface area contributed by atoms with Crippen molar-refractivity contribution in [2.75, 3.05) is 30.4 Å². The van der Waals surface area contributed by atoms with Crippen LogP contribution in [0, 0.1) is 6.92 Å². The largest absolute Gasteiger partial charge is 0.399 e. The predicted molar refractivity (Wildman–Crippen MR) is 78.7 cm³/mol. The van der Waals surface area contributed by atoms with Gasteiger partial charge >= 0.3 is 0 Å². The summed E-state index contributed by atoms with van der Waals surface area (Å²) in [5, 5.41) is 3.07. The fourth-order valence-corrected chi connectivity index (χ4v) is 2.64. The third-order valence-electron chi connectivity index (χ3n) is 3.89. The highest BCUT2D eigenvalue weighted by molar-refractivity contribution is 5.86. The zero-order valence-electron chi connectivity index (χ0n) is 11.8. The zero-order chi connectivity index (χ0) is 14.1. The molecule has 1 unspecified atom stereocenters. The Labute approximate surface area is 119 Å². The molecule has 1 aliphatic carbocycles. The van der Waals surface area contributed by atoms with Crippen LogP contribution in [0.15, 0.2) is 18.2 Å². The van der Waals surface area contributed by atoms with Crippen LogP contribution in [0.2, 0.25) is 0 Å². The van der Waals surface area contributed by atoms with E-state index in [4.69, 9.17) is 10.5 Å². The minimum absolute atomic E-state index is 0.0726. The van der Waals surface area contributed by atoms with E-state index in [0.29, 0.717) is 19.3 Å². The zero-order valence-corrected chi connectivity index (χ0v) is 11.8. The van der Waals surface area contributed by atoms with Gasteiger partial charge in [0.25, 0.3) is 0 Å². The molecule has 5 nitrogen and oxygen atoms in total. The lowest BCUT2D eigenvalue weighted by atomic mass is 10.1. The Hall–Kier alpha value is -1.75. The second kappa shape index (κ2) is 5.32. The summed E-state index contributed by atoms with van der Waals surface area (Å²) in [5.74, 6) is 0.0726. The summed E-state index contributed by atoms with van der Waals surface area (Å²) in [4.78, 5) is 14.5. The number of aryl methyl sites for hydroxylation is 1. The van der Waals surface area contributed by atoms with Gasteiger partial charge in [-0.15, -0.1) is 0 Å². The fraction of sp³-hybridized carbons (Fsp3) is 0.533. The summed E-state index contributed by atoms with van der Waals surface area (Å²) in [5.41, 5.74) is 8.71. The summed E-state index contributed by atoms with van der Waals surface area (Å²) in [7, 11) is 0. The van der Waals surface area contributed by atoms with Gasteiger partial charge in [-0.25, -0.2) is 0 Å². The van der Waals surface area contributed by atoms with Crippen molar-refractivity contribution in [3.63, 3.8) is 0 Å². The van der Waals surface area contributed by atoms with Gasteiger partial charge in [0, 0.05) is 24.0 Å². The summed E-state index contributed by atoms with van der Waals surface area (Å²) < 4.78 is 5.49. The van der Waals surface area contributed by atoms with Crippen molar-refractivity contribution >= 4 is 17.3 Å². The number of ether oxygens (including phenoxy) is 1. The van der Waals surface area contributed by atoms with Crippen molar-refractivity contribution in [2.45, 2.75) is 31.8 Å². The molecule has 1 saturated carbocycles. The Morgan fingerprint density at radius 2 is 2.25 bits per heavy atom. The second-order valence-corrected chi connectivity index (χ2v) is 5.61. The molecule has 0 spiro atoms. The maximum absolute atomic E-state index is 12.4. The minimum atomic E-state index is -0.244. The van der Waals surface area contributed by atoms with Crippen LogP contribution in [0.1, 0.15) is 18.4 Å². The van der Waals surface area contributed by atoms with Crippen molar-refractivity contribution in [2.24, 2.45) is 0 Å². The molecule has 3 rings (SSSR count). The monoisotopic (exact) mass is 275 g/mol. The quantitative estimate of drug-likeness (QED) is 0.810. The summed E-state index contributed by atoms with van der Waals surface area (Å²) in [6.45, 7) is 3.85. The lowest BCUT2D eigenvalue weighted by molar-refractivity contribution is -0.124. The van der Waals surface area contributed by atoms with E-state index >= 15 is 0 Å². The molecule has 1 saturated heterocycles. The van der Waals surface area contributed by atoms with E-state index in [1.807, 2.05) is 25.1 Å². The molecule has 1 amide bonds. The van der Waals surface area contributed by atoms with Gasteiger partial charge in [0.1, 0.15) is 6.04 Å².